The average Bonchev–Trinajstić information content (AvgIpc) is 3.71. The minimum absolute atomic E-state index is 0.00437. The van der Waals surface area contributed by atoms with Crippen molar-refractivity contribution in [3.05, 3.63) is 166 Å². The Bertz CT molecular complexity index is 2630. The summed E-state index contributed by atoms with van der Waals surface area (Å²) in [5, 5.41) is 27.2. The number of hydrogen-bond acceptors (Lipinski definition) is 7. The van der Waals surface area contributed by atoms with E-state index in [4.69, 9.17) is 4.74 Å². The van der Waals surface area contributed by atoms with Gasteiger partial charge in [0, 0.05) is 61.5 Å². The molecular formula is C58H70N4O6. The molecule has 3 N–H and O–H groups in total. The van der Waals surface area contributed by atoms with E-state index < -0.39 is 11.7 Å². The molecule has 2 aliphatic heterocycles. The zero-order valence-electron chi connectivity index (χ0n) is 40.3. The second kappa shape index (κ2) is 24.3. The Balaban J connectivity index is 0.815. The van der Waals surface area contributed by atoms with E-state index in [-0.39, 0.29) is 17.6 Å². The topological polar surface area (TPSA) is 124 Å². The second-order valence-corrected chi connectivity index (χ2v) is 18.1. The third-order valence-corrected chi connectivity index (χ3v) is 13.5. The van der Waals surface area contributed by atoms with E-state index in [9.17, 15) is 24.6 Å². The van der Waals surface area contributed by atoms with Crippen molar-refractivity contribution in [1.29, 1.82) is 0 Å². The van der Waals surface area contributed by atoms with E-state index in [2.05, 4.69) is 109 Å². The number of anilines is 1. The number of fused-ring (bicyclic) bond motifs is 5. The van der Waals surface area contributed by atoms with Crippen molar-refractivity contribution in [2.75, 3.05) is 31.5 Å². The Morgan fingerprint density at radius 1 is 0.794 bits per heavy atom. The number of allylic oxidation sites excluding steroid dienone is 12. The van der Waals surface area contributed by atoms with Crippen LogP contribution in [0.1, 0.15) is 113 Å². The van der Waals surface area contributed by atoms with Crippen molar-refractivity contribution in [1.82, 2.24) is 14.4 Å². The summed E-state index contributed by atoms with van der Waals surface area (Å²) in [6, 6.07) is 17.9. The van der Waals surface area contributed by atoms with E-state index in [0.717, 1.165) is 89.5 Å². The van der Waals surface area contributed by atoms with Gasteiger partial charge in [0.1, 0.15) is 11.4 Å². The number of pyridine rings is 1. The number of piperazine rings is 1. The van der Waals surface area contributed by atoms with Gasteiger partial charge in [0.2, 0.25) is 5.91 Å². The van der Waals surface area contributed by atoms with Crippen LogP contribution >= 0.6 is 0 Å². The Hall–Kier alpha value is -6.07. The Morgan fingerprint density at radius 2 is 1.43 bits per heavy atom. The molecule has 1 aliphatic carbocycles. The molecule has 1 aromatic heterocycles. The van der Waals surface area contributed by atoms with Gasteiger partial charge in [-0.15, -0.1) is 0 Å². The number of nitrogens with zero attached hydrogens (tertiary/aromatic N) is 3. The first kappa shape index (κ1) is 49.8. The van der Waals surface area contributed by atoms with Crippen molar-refractivity contribution >= 4 is 28.5 Å². The lowest BCUT2D eigenvalue weighted by Crippen LogP contribution is -2.49. The zero-order chi connectivity index (χ0) is 47.9. The van der Waals surface area contributed by atoms with E-state index in [0.29, 0.717) is 88.1 Å². The van der Waals surface area contributed by atoms with Crippen LogP contribution in [0.3, 0.4) is 0 Å². The van der Waals surface area contributed by atoms with E-state index in [1.54, 1.807) is 9.47 Å². The summed E-state index contributed by atoms with van der Waals surface area (Å²) >= 11 is 0. The predicted octanol–water partition coefficient (Wildman–Crippen LogP) is 11.2. The third-order valence-electron chi connectivity index (χ3n) is 13.5. The van der Waals surface area contributed by atoms with Gasteiger partial charge in [-0.1, -0.05) is 112 Å². The molecule has 0 bridgehead atoms. The van der Waals surface area contributed by atoms with Gasteiger partial charge in [-0.3, -0.25) is 14.5 Å². The summed E-state index contributed by atoms with van der Waals surface area (Å²) in [5.74, 6) is 0.536. The molecule has 3 heterocycles. The summed E-state index contributed by atoms with van der Waals surface area (Å²) in [5.41, 5.74) is 5.12. The fourth-order valence-corrected chi connectivity index (χ4v) is 9.56. The van der Waals surface area contributed by atoms with E-state index >= 15 is 0 Å². The first-order valence-electron chi connectivity index (χ1n) is 24.9. The van der Waals surface area contributed by atoms with Gasteiger partial charge in [-0.25, -0.2) is 4.79 Å². The number of aryl methyl sites for hydroxylation is 1. The second-order valence-electron chi connectivity index (χ2n) is 18.1. The summed E-state index contributed by atoms with van der Waals surface area (Å²) in [4.78, 5) is 44.0. The quantitative estimate of drug-likeness (QED) is 0.0664. The monoisotopic (exact) mass is 919 g/mol. The van der Waals surface area contributed by atoms with Crippen molar-refractivity contribution in [2.45, 2.75) is 123 Å². The fourth-order valence-electron chi connectivity index (χ4n) is 9.56. The van der Waals surface area contributed by atoms with Crippen molar-refractivity contribution in [3.8, 4) is 17.0 Å². The molecule has 2 unspecified atom stereocenters. The van der Waals surface area contributed by atoms with Crippen molar-refractivity contribution in [2.24, 2.45) is 0 Å². The summed E-state index contributed by atoms with van der Waals surface area (Å²) < 4.78 is 7.88. The highest BCUT2D eigenvalue weighted by atomic mass is 16.6. The number of amides is 2. The highest BCUT2D eigenvalue weighted by Crippen LogP contribution is 2.43. The van der Waals surface area contributed by atoms with E-state index in [1.807, 2.05) is 49.4 Å². The number of benzene rings is 3. The molecule has 10 heteroatoms. The van der Waals surface area contributed by atoms with Gasteiger partial charge in [-0.05, 0) is 134 Å². The molecule has 10 nitrogen and oxygen atoms in total. The van der Waals surface area contributed by atoms with Crippen LogP contribution in [-0.4, -0.2) is 68.9 Å². The number of rotatable bonds is 20. The fraction of sp³-hybridized carbons (Fsp3) is 0.397. The molecule has 3 aromatic carbocycles. The number of carbonyl (C=O) groups excluding carboxylic acids is 2. The number of aliphatic hydroxyl groups is 2. The van der Waals surface area contributed by atoms with Crippen LogP contribution < -0.4 is 15.6 Å². The molecule has 4 aromatic rings. The molecule has 2 atom stereocenters. The molecule has 2 amide bonds. The smallest absolute Gasteiger partial charge is 0.410 e. The third kappa shape index (κ3) is 12.3. The molecule has 0 radical (unpaired) electrons. The van der Waals surface area contributed by atoms with Crippen molar-refractivity contribution in [3.63, 3.8) is 0 Å². The number of nitrogens with one attached hydrogen (secondary N) is 1. The molecule has 3 aliphatic rings. The van der Waals surface area contributed by atoms with Gasteiger partial charge < -0.3 is 29.7 Å². The standard InChI is InChI=1S/C58H70N4O6/c1-4-7-8-9-10-11-12-13-14-15-16-17-18-19-20-21-22-23-24-25-55(64)59-46-29-26-43(27-30-46)41-60-34-36-61(37-35-60)57(66)68-53-32-28-44-38-50-45(39-49(44)47(53)5-2)42-62-52(50)40-51-48(56(62)65)31-33-54(63)58(51,67)6-3/h7-8,10-11,13-14,16-17,19-20,22-23,26-30,32,38-40,54,63,67H,4-6,9,12,15,18,21,24-25,31,33-37,41-42H2,1-3H3,(H,59,64). The lowest BCUT2D eigenvalue weighted by molar-refractivity contribution is -0.116. The maximum Gasteiger partial charge on any atom is 0.415 e. The minimum atomic E-state index is -1.45. The minimum Gasteiger partial charge on any atom is -0.410 e. The van der Waals surface area contributed by atoms with Gasteiger partial charge in [-0.2, -0.15) is 0 Å². The zero-order valence-corrected chi connectivity index (χ0v) is 40.3. The molecule has 358 valence electrons. The molecule has 68 heavy (non-hydrogen) atoms. The molecular weight excluding hydrogens is 849 g/mol. The van der Waals surface area contributed by atoms with Crippen LogP contribution in [-0.2, 0) is 36.3 Å². The predicted molar refractivity (Wildman–Crippen MR) is 276 cm³/mol. The summed E-state index contributed by atoms with van der Waals surface area (Å²) in [6.07, 6.45) is 33.5. The van der Waals surface area contributed by atoms with Gasteiger partial charge in [0.15, 0.2) is 0 Å². The van der Waals surface area contributed by atoms with Crippen LogP contribution in [0.2, 0.25) is 0 Å². The summed E-state index contributed by atoms with van der Waals surface area (Å²) in [6.45, 7) is 9.73. The SMILES string of the molecule is CCC=CCC=CCC=CCC=CCC=CCC=CCCC(=O)Nc1ccc(CN2CCN(C(=O)Oc3ccc4cc5c(cc4c3CC)Cn3c-5cc4c(c3=O)CCC(O)C4(O)CC)CC2)cc1. The number of aromatic nitrogens is 1. The van der Waals surface area contributed by atoms with Gasteiger partial charge in [0.25, 0.3) is 5.56 Å². The lowest BCUT2D eigenvalue weighted by atomic mass is 9.75. The first-order chi connectivity index (χ1) is 33.1. The molecule has 0 spiro atoms. The molecule has 1 fully saturated rings. The van der Waals surface area contributed by atoms with Crippen LogP contribution in [0.15, 0.2) is 132 Å². The van der Waals surface area contributed by atoms with Gasteiger partial charge >= 0.3 is 6.09 Å². The first-order valence-corrected chi connectivity index (χ1v) is 24.9. The highest BCUT2D eigenvalue weighted by Gasteiger charge is 2.43. The maximum atomic E-state index is 13.8. The van der Waals surface area contributed by atoms with Crippen molar-refractivity contribution < 1.29 is 24.5 Å². The lowest BCUT2D eigenvalue weighted by Gasteiger charge is -2.38. The number of ether oxygens (including phenoxy) is 1. The number of carbonyl (C=O) groups is 2. The average molecular weight is 919 g/mol. The number of aliphatic hydroxyl groups excluding tert-OH is 1. The number of hydrogen-bond donors (Lipinski definition) is 3. The van der Waals surface area contributed by atoms with Crippen LogP contribution in [0, 0.1) is 0 Å². The Kier molecular flexibility index (Phi) is 17.8. The van der Waals surface area contributed by atoms with Crippen LogP contribution in [0.4, 0.5) is 10.5 Å². The van der Waals surface area contributed by atoms with E-state index in [1.165, 1.54) is 0 Å². The Morgan fingerprint density at radius 3 is 2.04 bits per heavy atom. The highest BCUT2D eigenvalue weighted by molar-refractivity contribution is 5.94. The molecule has 0 saturated carbocycles. The van der Waals surface area contributed by atoms with Crippen LogP contribution in [0.5, 0.6) is 5.75 Å². The van der Waals surface area contributed by atoms with Gasteiger partial charge in [0.05, 0.1) is 18.3 Å². The van der Waals surface area contributed by atoms with Crippen LogP contribution in [0.25, 0.3) is 22.0 Å². The molecule has 1 saturated heterocycles. The Labute approximate surface area is 402 Å². The maximum absolute atomic E-state index is 13.8. The largest absolute Gasteiger partial charge is 0.415 e. The normalized spacial score (nSPS) is 18.5. The molecule has 7 rings (SSSR count). The summed E-state index contributed by atoms with van der Waals surface area (Å²) in [7, 11) is 0.